The molecule has 1 saturated heterocycles. The van der Waals surface area contributed by atoms with Crippen LogP contribution in [0.1, 0.15) is 38.4 Å². The van der Waals surface area contributed by atoms with E-state index in [2.05, 4.69) is 5.10 Å². The van der Waals surface area contributed by atoms with Gasteiger partial charge in [0.05, 0.1) is 12.1 Å². The van der Waals surface area contributed by atoms with Crippen molar-refractivity contribution in [2.45, 2.75) is 39.2 Å². The van der Waals surface area contributed by atoms with Crippen molar-refractivity contribution < 1.29 is 14.3 Å². The van der Waals surface area contributed by atoms with Crippen molar-refractivity contribution in [2.24, 2.45) is 0 Å². The van der Waals surface area contributed by atoms with Gasteiger partial charge >= 0.3 is 5.97 Å². The van der Waals surface area contributed by atoms with Gasteiger partial charge in [-0.2, -0.15) is 5.10 Å². The first-order valence-electron chi connectivity index (χ1n) is 8.18. The number of rotatable bonds is 5. The maximum atomic E-state index is 12.1. The summed E-state index contributed by atoms with van der Waals surface area (Å²) in [4.78, 5) is 25.6. The SMILES string of the molecule is CC(C)n1ccc(CC(=O)Oc2cccc(N3CCCC3=O)c2)n1. The van der Waals surface area contributed by atoms with Gasteiger partial charge in [0.2, 0.25) is 5.91 Å². The molecule has 2 heterocycles. The third-order valence-corrected chi connectivity index (χ3v) is 3.95. The molecule has 1 fully saturated rings. The molecule has 1 amide bonds. The van der Waals surface area contributed by atoms with Gasteiger partial charge in [0.1, 0.15) is 5.75 Å². The van der Waals surface area contributed by atoms with Crippen LogP contribution >= 0.6 is 0 Å². The number of benzene rings is 1. The number of nitrogens with zero attached hydrogens (tertiary/aromatic N) is 3. The minimum Gasteiger partial charge on any atom is -0.426 e. The molecule has 1 aromatic heterocycles. The average Bonchev–Trinajstić information content (AvgIpc) is 3.16. The summed E-state index contributed by atoms with van der Waals surface area (Å²) in [5.74, 6) is 0.187. The van der Waals surface area contributed by atoms with Crippen LogP contribution in [0.25, 0.3) is 0 Å². The first-order chi connectivity index (χ1) is 11.5. The summed E-state index contributed by atoms with van der Waals surface area (Å²) in [7, 11) is 0. The zero-order valence-electron chi connectivity index (χ0n) is 13.9. The average molecular weight is 327 g/mol. The maximum Gasteiger partial charge on any atom is 0.317 e. The Morgan fingerprint density at radius 2 is 2.17 bits per heavy atom. The fourth-order valence-corrected chi connectivity index (χ4v) is 2.71. The Morgan fingerprint density at radius 3 is 2.83 bits per heavy atom. The summed E-state index contributed by atoms with van der Waals surface area (Å²) in [5.41, 5.74) is 1.45. The lowest BCUT2D eigenvalue weighted by molar-refractivity contribution is -0.133. The van der Waals surface area contributed by atoms with Crippen molar-refractivity contribution in [3.05, 3.63) is 42.2 Å². The lowest BCUT2D eigenvalue weighted by Crippen LogP contribution is -2.23. The first kappa shape index (κ1) is 16.2. The van der Waals surface area contributed by atoms with Gasteiger partial charge in [0.15, 0.2) is 0 Å². The van der Waals surface area contributed by atoms with Crippen molar-refractivity contribution in [3.63, 3.8) is 0 Å². The second kappa shape index (κ2) is 6.86. The lowest BCUT2D eigenvalue weighted by Gasteiger charge is -2.16. The molecule has 1 aliphatic heterocycles. The van der Waals surface area contributed by atoms with Crippen LogP contribution in [0.2, 0.25) is 0 Å². The monoisotopic (exact) mass is 327 g/mol. The van der Waals surface area contributed by atoms with Gasteiger partial charge < -0.3 is 9.64 Å². The van der Waals surface area contributed by atoms with Gasteiger partial charge in [0.25, 0.3) is 0 Å². The van der Waals surface area contributed by atoms with Gasteiger partial charge in [-0.25, -0.2) is 0 Å². The summed E-state index contributed by atoms with van der Waals surface area (Å²) in [6, 6.07) is 9.16. The van der Waals surface area contributed by atoms with Crippen LogP contribution in [0.5, 0.6) is 5.75 Å². The molecular weight excluding hydrogens is 306 g/mol. The van der Waals surface area contributed by atoms with Crippen molar-refractivity contribution in [3.8, 4) is 5.75 Å². The number of anilines is 1. The van der Waals surface area contributed by atoms with E-state index in [4.69, 9.17) is 4.74 Å². The topological polar surface area (TPSA) is 64.4 Å². The summed E-state index contributed by atoms with van der Waals surface area (Å²) in [6.07, 6.45) is 3.41. The Balaban J connectivity index is 1.64. The van der Waals surface area contributed by atoms with E-state index < -0.39 is 0 Å². The van der Waals surface area contributed by atoms with Gasteiger partial charge in [-0.3, -0.25) is 14.3 Å². The first-order valence-corrected chi connectivity index (χ1v) is 8.18. The number of amides is 1. The van der Waals surface area contributed by atoms with Crippen molar-refractivity contribution >= 4 is 17.6 Å². The molecule has 0 aliphatic carbocycles. The highest BCUT2D eigenvalue weighted by Gasteiger charge is 2.22. The summed E-state index contributed by atoms with van der Waals surface area (Å²) in [5, 5.41) is 4.34. The van der Waals surface area contributed by atoms with Crippen LogP contribution in [0.3, 0.4) is 0 Å². The number of carbonyl (C=O) groups is 2. The molecule has 0 bridgehead atoms. The van der Waals surface area contributed by atoms with Crippen LogP contribution in [0, 0.1) is 0 Å². The Hall–Kier alpha value is -2.63. The molecule has 6 heteroatoms. The van der Waals surface area contributed by atoms with Gasteiger partial charge in [0, 0.05) is 37.0 Å². The molecular formula is C18H21N3O3. The third kappa shape index (κ3) is 3.64. The van der Waals surface area contributed by atoms with Crippen LogP contribution in [-0.4, -0.2) is 28.2 Å². The number of carbonyl (C=O) groups excluding carboxylic acids is 2. The van der Waals surface area contributed by atoms with Crippen molar-refractivity contribution in [2.75, 3.05) is 11.4 Å². The van der Waals surface area contributed by atoms with E-state index in [1.165, 1.54) is 0 Å². The van der Waals surface area contributed by atoms with Crippen molar-refractivity contribution in [1.82, 2.24) is 9.78 Å². The minimum atomic E-state index is -0.367. The lowest BCUT2D eigenvalue weighted by atomic mass is 10.2. The zero-order valence-corrected chi connectivity index (χ0v) is 13.9. The zero-order chi connectivity index (χ0) is 17.1. The fraction of sp³-hybridized carbons (Fsp3) is 0.389. The molecule has 0 unspecified atom stereocenters. The number of ether oxygens (including phenoxy) is 1. The highest BCUT2D eigenvalue weighted by molar-refractivity contribution is 5.95. The predicted molar refractivity (Wildman–Crippen MR) is 90.0 cm³/mol. The third-order valence-electron chi connectivity index (χ3n) is 3.95. The molecule has 0 spiro atoms. The normalized spacial score (nSPS) is 14.5. The molecule has 126 valence electrons. The quantitative estimate of drug-likeness (QED) is 0.626. The number of hydrogen-bond acceptors (Lipinski definition) is 4. The van der Waals surface area contributed by atoms with E-state index in [-0.39, 0.29) is 24.3 Å². The molecule has 0 N–H and O–H groups in total. The van der Waals surface area contributed by atoms with E-state index in [0.29, 0.717) is 24.4 Å². The molecule has 0 atom stereocenters. The summed E-state index contributed by atoms with van der Waals surface area (Å²) in [6.45, 7) is 4.77. The molecule has 24 heavy (non-hydrogen) atoms. The highest BCUT2D eigenvalue weighted by atomic mass is 16.5. The van der Waals surface area contributed by atoms with E-state index >= 15 is 0 Å². The van der Waals surface area contributed by atoms with Gasteiger partial charge in [-0.15, -0.1) is 0 Å². The molecule has 1 aromatic carbocycles. The standard InChI is InChI=1S/C18H21N3O3/c1-13(2)21-10-8-14(19-21)11-18(23)24-16-6-3-5-15(12-16)20-9-4-7-17(20)22/h3,5-6,8,10,12-13H,4,7,9,11H2,1-2H3. The maximum absolute atomic E-state index is 12.1. The molecule has 1 aliphatic rings. The Labute approximate surface area is 141 Å². The number of hydrogen-bond donors (Lipinski definition) is 0. The molecule has 0 radical (unpaired) electrons. The van der Waals surface area contributed by atoms with Gasteiger partial charge in [-0.05, 0) is 38.5 Å². The molecule has 3 rings (SSSR count). The van der Waals surface area contributed by atoms with E-state index in [1.54, 1.807) is 23.1 Å². The van der Waals surface area contributed by atoms with Crippen LogP contribution < -0.4 is 9.64 Å². The van der Waals surface area contributed by atoms with Crippen LogP contribution in [0.4, 0.5) is 5.69 Å². The Bertz CT molecular complexity index is 751. The Kier molecular flexibility index (Phi) is 4.64. The predicted octanol–water partition coefficient (Wildman–Crippen LogP) is 2.74. The number of esters is 1. The smallest absolute Gasteiger partial charge is 0.317 e. The van der Waals surface area contributed by atoms with E-state index in [9.17, 15) is 9.59 Å². The Morgan fingerprint density at radius 1 is 1.33 bits per heavy atom. The molecule has 0 saturated carbocycles. The van der Waals surface area contributed by atoms with Crippen molar-refractivity contribution in [1.29, 1.82) is 0 Å². The van der Waals surface area contributed by atoms with E-state index in [1.807, 2.05) is 36.9 Å². The highest BCUT2D eigenvalue weighted by Crippen LogP contribution is 2.25. The second-order valence-electron chi connectivity index (χ2n) is 6.18. The van der Waals surface area contributed by atoms with Crippen LogP contribution in [-0.2, 0) is 16.0 Å². The van der Waals surface area contributed by atoms with Crippen LogP contribution in [0.15, 0.2) is 36.5 Å². The summed E-state index contributed by atoms with van der Waals surface area (Å²) >= 11 is 0. The second-order valence-corrected chi connectivity index (χ2v) is 6.18. The number of aromatic nitrogens is 2. The van der Waals surface area contributed by atoms with E-state index in [0.717, 1.165) is 12.1 Å². The molecule has 2 aromatic rings. The van der Waals surface area contributed by atoms with Gasteiger partial charge in [-0.1, -0.05) is 6.07 Å². The minimum absolute atomic E-state index is 0.109. The largest absolute Gasteiger partial charge is 0.426 e. The summed E-state index contributed by atoms with van der Waals surface area (Å²) < 4.78 is 7.21. The fourth-order valence-electron chi connectivity index (χ4n) is 2.71. The molecule has 6 nitrogen and oxygen atoms in total.